The predicted molar refractivity (Wildman–Crippen MR) is 69.5 cm³/mol. The molecule has 0 bridgehead atoms. The Bertz CT molecular complexity index is 602. The van der Waals surface area contributed by atoms with E-state index >= 15 is 0 Å². The lowest BCUT2D eigenvalue weighted by Crippen LogP contribution is -2.32. The van der Waals surface area contributed by atoms with E-state index in [2.05, 4.69) is 0 Å². The van der Waals surface area contributed by atoms with Gasteiger partial charge in [0.25, 0.3) is 0 Å². The first-order valence-corrected chi connectivity index (χ1v) is 7.08. The summed E-state index contributed by atoms with van der Waals surface area (Å²) >= 11 is 0. The van der Waals surface area contributed by atoms with Gasteiger partial charge in [-0.05, 0) is 18.1 Å². The van der Waals surface area contributed by atoms with Gasteiger partial charge in [0.05, 0.1) is 0 Å². The number of halogens is 4. The quantitative estimate of drug-likeness (QED) is 0.836. The Balaban J connectivity index is 0.00000200. The fourth-order valence-corrected chi connectivity index (χ4v) is 3.62. The van der Waals surface area contributed by atoms with Gasteiger partial charge in [0.15, 0.2) is 17.5 Å². The van der Waals surface area contributed by atoms with Gasteiger partial charge in [-0.15, -0.1) is 12.4 Å². The lowest BCUT2D eigenvalue weighted by molar-refractivity contribution is 0.421. The minimum absolute atomic E-state index is 0. The Morgan fingerprint density at radius 3 is 2.30 bits per heavy atom. The monoisotopic (exact) mass is 330 g/mol. The zero-order valence-electron chi connectivity index (χ0n) is 10.5. The molecule has 0 aromatic heterocycles. The minimum Gasteiger partial charge on any atom is -0.326 e. The summed E-state index contributed by atoms with van der Waals surface area (Å²) in [6.45, 7) is 1.92. The molecule has 20 heavy (non-hydrogen) atoms. The highest BCUT2D eigenvalue weighted by molar-refractivity contribution is 7.89. The van der Waals surface area contributed by atoms with Crippen molar-refractivity contribution in [1.29, 1.82) is 0 Å². The van der Waals surface area contributed by atoms with Crippen LogP contribution in [0.4, 0.5) is 13.2 Å². The van der Waals surface area contributed by atoms with Crippen molar-refractivity contribution in [3.05, 3.63) is 29.6 Å². The highest BCUT2D eigenvalue weighted by atomic mass is 35.5. The highest BCUT2D eigenvalue weighted by Crippen LogP contribution is 2.27. The number of nitrogens with two attached hydrogens (primary N) is 1. The molecule has 2 unspecified atom stereocenters. The summed E-state index contributed by atoms with van der Waals surface area (Å²) in [5.74, 6) is -5.00. The number of benzene rings is 1. The van der Waals surface area contributed by atoms with E-state index in [1.54, 1.807) is 6.92 Å². The van der Waals surface area contributed by atoms with E-state index in [1.165, 1.54) is 0 Å². The van der Waals surface area contributed by atoms with E-state index in [1.807, 2.05) is 0 Å². The molecule has 1 heterocycles. The first-order chi connectivity index (χ1) is 8.75. The molecular formula is C11H14ClF3N2O2S. The molecule has 1 fully saturated rings. The lowest BCUT2D eigenvalue weighted by atomic mass is 10.1. The number of hydrogen-bond acceptors (Lipinski definition) is 3. The maximum atomic E-state index is 13.6. The van der Waals surface area contributed by atoms with E-state index in [-0.39, 0.29) is 37.5 Å². The van der Waals surface area contributed by atoms with E-state index in [9.17, 15) is 21.6 Å². The van der Waals surface area contributed by atoms with Crippen LogP contribution in [0.2, 0.25) is 0 Å². The van der Waals surface area contributed by atoms with E-state index < -0.39 is 32.4 Å². The molecule has 2 atom stereocenters. The summed E-state index contributed by atoms with van der Waals surface area (Å²) in [5.41, 5.74) is 5.70. The number of hydrogen-bond donors (Lipinski definition) is 1. The third-order valence-electron chi connectivity index (χ3n) is 3.25. The second-order valence-corrected chi connectivity index (χ2v) is 6.54. The van der Waals surface area contributed by atoms with Gasteiger partial charge < -0.3 is 5.73 Å². The summed E-state index contributed by atoms with van der Waals surface area (Å²) in [5, 5.41) is 0. The topological polar surface area (TPSA) is 63.4 Å². The van der Waals surface area contributed by atoms with Crippen LogP contribution in [-0.4, -0.2) is 31.9 Å². The van der Waals surface area contributed by atoms with Crippen LogP contribution in [0.5, 0.6) is 0 Å². The number of rotatable bonds is 2. The van der Waals surface area contributed by atoms with Crippen LogP contribution >= 0.6 is 12.4 Å². The summed E-state index contributed by atoms with van der Waals surface area (Å²) in [4.78, 5) is -0.868. The van der Waals surface area contributed by atoms with E-state index in [4.69, 9.17) is 5.73 Å². The Morgan fingerprint density at radius 1 is 1.20 bits per heavy atom. The SMILES string of the molecule is CC1CN(S(=O)(=O)c2ccc(F)c(F)c2F)CC1N.Cl. The van der Waals surface area contributed by atoms with Gasteiger partial charge in [-0.3, -0.25) is 0 Å². The van der Waals surface area contributed by atoms with Crippen molar-refractivity contribution in [2.24, 2.45) is 11.7 Å². The van der Waals surface area contributed by atoms with Crippen LogP contribution in [0.1, 0.15) is 6.92 Å². The summed E-state index contributed by atoms with van der Waals surface area (Å²) in [6, 6.07) is 0.950. The van der Waals surface area contributed by atoms with E-state index in [0.717, 1.165) is 10.4 Å². The third-order valence-corrected chi connectivity index (χ3v) is 5.10. The lowest BCUT2D eigenvalue weighted by Gasteiger charge is -2.16. The molecule has 4 nitrogen and oxygen atoms in total. The van der Waals surface area contributed by atoms with Gasteiger partial charge >= 0.3 is 0 Å². The van der Waals surface area contributed by atoms with Crippen molar-refractivity contribution in [2.75, 3.05) is 13.1 Å². The number of sulfonamides is 1. The normalized spacial score (nSPS) is 23.6. The molecular weight excluding hydrogens is 317 g/mol. The minimum atomic E-state index is -4.20. The van der Waals surface area contributed by atoms with Crippen molar-refractivity contribution in [2.45, 2.75) is 17.9 Å². The Labute approximate surface area is 121 Å². The molecule has 2 N–H and O–H groups in total. The maximum Gasteiger partial charge on any atom is 0.246 e. The van der Waals surface area contributed by atoms with Gasteiger partial charge in [-0.25, -0.2) is 21.6 Å². The molecule has 1 aliphatic heterocycles. The first-order valence-electron chi connectivity index (χ1n) is 5.64. The number of nitrogens with zero attached hydrogens (tertiary/aromatic N) is 1. The predicted octanol–water partition coefficient (Wildman–Crippen LogP) is 1.49. The Kier molecular flexibility index (Phi) is 5.07. The molecule has 0 amide bonds. The van der Waals surface area contributed by atoms with Crippen LogP contribution in [0, 0.1) is 23.4 Å². The average Bonchev–Trinajstić information content (AvgIpc) is 2.67. The summed E-state index contributed by atoms with van der Waals surface area (Å²) < 4.78 is 64.8. The molecule has 2 rings (SSSR count). The largest absolute Gasteiger partial charge is 0.326 e. The molecule has 0 aliphatic carbocycles. The fourth-order valence-electron chi connectivity index (χ4n) is 1.99. The molecule has 0 radical (unpaired) electrons. The van der Waals surface area contributed by atoms with Crippen molar-refractivity contribution in [3.63, 3.8) is 0 Å². The van der Waals surface area contributed by atoms with E-state index in [0.29, 0.717) is 6.07 Å². The highest BCUT2D eigenvalue weighted by Gasteiger charge is 2.37. The molecule has 9 heteroatoms. The van der Waals surface area contributed by atoms with Gasteiger partial charge in [-0.1, -0.05) is 6.92 Å². The zero-order valence-corrected chi connectivity index (χ0v) is 12.1. The molecule has 0 saturated carbocycles. The van der Waals surface area contributed by atoms with Crippen LogP contribution < -0.4 is 5.73 Å². The van der Waals surface area contributed by atoms with Gasteiger partial charge in [0.2, 0.25) is 10.0 Å². The fraction of sp³-hybridized carbons (Fsp3) is 0.455. The Hall–Kier alpha value is -0.830. The van der Waals surface area contributed by atoms with Crippen LogP contribution in [-0.2, 0) is 10.0 Å². The van der Waals surface area contributed by atoms with Crippen LogP contribution in [0.15, 0.2) is 17.0 Å². The first kappa shape index (κ1) is 17.2. The molecule has 1 aliphatic rings. The molecule has 1 aromatic rings. The van der Waals surface area contributed by atoms with Gasteiger partial charge in [0, 0.05) is 19.1 Å². The molecule has 114 valence electrons. The third kappa shape index (κ3) is 2.78. The van der Waals surface area contributed by atoms with Crippen molar-refractivity contribution < 1.29 is 21.6 Å². The van der Waals surface area contributed by atoms with Crippen LogP contribution in [0.25, 0.3) is 0 Å². The molecule has 0 spiro atoms. The van der Waals surface area contributed by atoms with Crippen molar-refractivity contribution in [1.82, 2.24) is 4.31 Å². The van der Waals surface area contributed by atoms with Crippen molar-refractivity contribution >= 4 is 22.4 Å². The maximum absolute atomic E-state index is 13.6. The summed E-state index contributed by atoms with van der Waals surface area (Å²) in [6.07, 6.45) is 0. The van der Waals surface area contributed by atoms with Gasteiger partial charge in [0.1, 0.15) is 4.90 Å². The molecule has 1 aromatic carbocycles. The zero-order chi connectivity index (χ0) is 14.4. The smallest absolute Gasteiger partial charge is 0.246 e. The second kappa shape index (κ2) is 5.88. The van der Waals surface area contributed by atoms with Crippen molar-refractivity contribution in [3.8, 4) is 0 Å². The van der Waals surface area contributed by atoms with Crippen LogP contribution in [0.3, 0.4) is 0 Å². The molecule has 1 saturated heterocycles. The standard InChI is InChI=1S/C11H13F3N2O2S.ClH/c1-6-4-16(5-8(6)15)19(17,18)9-3-2-7(12)10(13)11(9)14;/h2-3,6,8H,4-5,15H2,1H3;1H. The summed E-state index contributed by atoms with van der Waals surface area (Å²) in [7, 11) is -4.20. The Morgan fingerprint density at radius 2 is 1.80 bits per heavy atom. The van der Waals surface area contributed by atoms with Gasteiger partial charge in [-0.2, -0.15) is 4.31 Å². The average molecular weight is 331 g/mol. The second-order valence-electron chi connectivity index (χ2n) is 4.64.